The van der Waals surface area contributed by atoms with E-state index >= 15 is 0 Å². The number of aromatic nitrogens is 2. The molecule has 0 unspecified atom stereocenters. The molecule has 1 amide bonds. The Morgan fingerprint density at radius 2 is 1.58 bits per heavy atom. The Morgan fingerprint density at radius 3 is 2.29 bits per heavy atom. The maximum Gasteiger partial charge on any atom is 0.323 e. The van der Waals surface area contributed by atoms with Crippen LogP contribution in [0, 0.1) is 0 Å². The number of nitrogens with one attached hydrogen (secondary N) is 4. The number of anilines is 1. The lowest BCUT2D eigenvalue weighted by Crippen LogP contribution is -2.26. The van der Waals surface area contributed by atoms with Gasteiger partial charge in [-0.15, -0.1) is 0 Å². The molecule has 0 aliphatic carbocycles. The predicted octanol–water partition coefficient (Wildman–Crippen LogP) is 3.15. The van der Waals surface area contributed by atoms with Gasteiger partial charge in [-0.25, -0.2) is 13.2 Å². The normalized spacial score (nSPS) is 12.4. The molecule has 0 saturated carbocycles. The van der Waals surface area contributed by atoms with Crippen LogP contribution in [0.1, 0.15) is 28.9 Å². The molecule has 0 radical (unpaired) electrons. The Bertz CT molecular complexity index is 1390. The van der Waals surface area contributed by atoms with E-state index in [9.17, 15) is 18.0 Å². The van der Waals surface area contributed by atoms with Crippen molar-refractivity contribution < 1.29 is 13.2 Å². The van der Waals surface area contributed by atoms with Crippen molar-refractivity contribution in [2.45, 2.75) is 17.9 Å². The van der Waals surface area contributed by atoms with Gasteiger partial charge in [0, 0.05) is 11.3 Å². The zero-order valence-corrected chi connectivity index (χ0v) is 17.4. The molecule has 158 valence electrons. The average Bonchev–Trinajstić information content (AvgIpc) is 3.13. The Labute approximate surface area is 178 Å². The van der Waals surface area contributed by atoms with Crippen LogP contribution in [-0.2, 0) is 10.0 Å². The van der Waals surface area contributed by atoms with Gasteiger partial charge in [0.1, 0.15) is 0 Å². The van der Waals surface area contributed by atoms with Gasteiger partial charge in [-0.05, 0) is 55.0 Å². The minimum Gasteiger partial charge on any atom is -0.346 e. The highest BCUT2D eigenvalue weighted by Gasteiger charge is 2.16. The van der Waals surface area contributed by atoms with E-state index in [1.54, 1.807) is 12.1 Å². The van der Waals surface area contributed by atoms with Crippen LogP contribution in [0.15, 0.2) is 82.5 Å². The zero-order chi connectivity index (χ0) is 22.0. The zero-order valence-electron chi connectivity index (χ0n) is 16.5. The van der Waals surface area contributed by atoms with E-state index in [-0.39, 0.29) is 16.8 Å². The van der Waals surface area contributed by atoms with E-state index in [1.807, 2.05) is 37.3 Å². The molecule has 9 heteroatoms. The fourth-order valence-electron chi connectivity index (χ4n) is 3.19. The first kappa shape index (κ1) is 20.4. The lowest BCUT2D eigenvalue weighted by Gasteiger charge is -2.14. The van der Waals surface area contributed by atoms with Gasteiger partial charge in [0.25, 0.3) is 15.9 Å². The van der Waals surface area contributed by atoms with Gasteiger partial charge in [-0.2, -0.15) is 0 Å². The number of hydrogen-bond donors (Lipinski definition) is 4. The summed E-state index contributed by atoms with van der Waals surface area (Å²) in [5.74, 6) is -0.257. The van der Waals surface area contributed by atoms with Crippen molar-refractivity contribution in [1.29, 1.82) is 0 Å². The Balaban J connectivity index is 1.47. The Kier molecular flexibility index (Phi) is 5.35. The Morgan fingerprint density at radius 1 is 0.903 bits per heavy atom. The molecule has 0 bridgehead atoms. The van der Waals surface area contributed by atoms with Gasteiger partial charge in [0.2, 0.25) is 0 Å². The van der Waals surface area contributed by atoms with Crippen LogP contribution in [0.5, 0.6) is 0 Å². The molecule has 4 aromatic rings. The summed E-state index contributed by atoms with van der Waals surface area (Å²) in [4.78, 5) is 29.0. The van der Waals surface area contributed by atoms with E-state index in [2.05, 4.69) is 20.0 Å². The highest BCUT2D eigenvalue weighted by Crippen LogP contribution is 2.20. The number of aromatic amines is 2. The molecule has 31 heavy (non-hydrogen) atoms. The first-order valence-electron chi connectivity index (χ1n) is 9.52. The first-order valence-corrected chi connectivity index (χ1v) is 11.0. The second kappa shape index (κ2) is 8.11. The van der Waals surface area contributed by atoms with Crippen molar-refractivity contribution in [2.75, 3.05) is 4.72 Å². The van der Waals surface area contributed by atoms with E-state index in [1.165, 1.54) is 30.3 Å². The van der Waals surface area contributed by atoms with E-state index in [0.717, 1.165) is 5.56 Å². The van der Waals surface area contributed by atoms with Crippen molar-refractivity contribution in [1.82, 2.24) is 15.3 Å². The van der Waals surface area contributed by atoms with Crippen LogP contribution in [0.2, 0.25) is 0 Å². The first-order chi connectivity index (χ1) is 14.8. The molecule has 4 N–H and O–H groups in total. The monoisotopic (exact) mass is 436 g/mol. The highest BCUT2D eigenvalue weighted by molar-refractivity contribution is 7.92. The quantitative estimate of drug-likeness (QED) is 0.371. The molecule has 0 fully saturated rings. The van der Waals surface area contributed by atoms with Crippen LogP contribution in [0.3, 0.4) is 0 Å². The summed E-state index contributed by atoms with van der Waals surface area (Å²) in [6.45, 7) is 1.89. The van der Waals surface area contributed by atoms with Gasteiger partial charge < -0.3 is 15.3 Å². The van der Waals surface area contributed by atoms with Crippen LogP contribution < -0.4 is 15.7 Å². The minimum atomic E-state index is -3.87. The number of sulfonamides is 1. The lowest BCUT2D eigenvalue weighted by molar-refractivity contribution is 0.0940. The van der Waals surface area contributed by atoms with Crippen molar-refractivity contribution in [3.8, 4) is 0 Å². The molecule has 1 aromatic heterocycles. The summed E-state index contributed by atoms with van der Waals surface area (Å²) in [6.07, 6.45) is 0. The summed E-state index contributed by atoms with van der Waals surface area (Å²) in [6, 6.07) is 19.9. The standard InChI is InChI=1S/C22H20N4O4S/c1-14(15-5-3-2-4-6-15)23-21(27)16-7-9-17(10-8-16)26-31(29,30)18-11-12-19-20(13-18)25-22(28)24-19/h2-14,26H,1H3,(H,23,27)(H2,24,25,28)/t14-/m1/s1. The smallest absolute Gasteiger partial charge is 0.323 e. The van der Waals surface area contributed by atoms with Crippen LogP contribution >= 0.6 is 0 Å². The summed E-state index contributed by atoms with van der Waals surface area (Å²) < 4.78 is 27.8. The number of rotatable bonds is 6. The van der Waals surface area contributed by atoms with Crippen LogP contribution in [0.25, 0.3) is 11.0 Å². The average molecular weight is 436 g/mol. The maximum atomic E-state index is 12.7. The third-order valence-corrected chi connectivity index (χ3v) is 6.22. The van der Waals surface area contributed by atoms with E-state index in [4.69, 9.17) is 0 Å². The van der Waals surface area contributed by atoms with Gasteiger partial charge in [-0.1, -0.05) is 30.3 Å². The number of H-pyrrole nitrogens is 2. The molecular weight excluding hydrogens is 416 g/mol. The predicted molar refractivity (Wildman–Crippen MR) is 118 cm³/mol. The molecule has 3 aromatic carbocycles. The fourth-order valence-corrected chi connectivity index (χ4v) is 4.27. The maximum absolute atomic E-state index is 12.7. The number of benzene rings is 3. The summed E-state index contributed by atoms with van der Waals surface area (Å²) >= 11 is 0. The van der Waals surface area contributed by atoms with Gasteiger partial charge in [-0.3, -0.25) is 9.52 Å². The van der Waals surface area contributed by atoms with Crippen molar-refractivity contribution in [3.63, 3.8) is 0 Å². The molecule has 1 atom stereocenters. The van der Waals surface area contributed by atoms with Gasteiger partial charge in [0.05, 0.1) is 22.0 Å². The number of fused-ring (bicyclic) bond motifs is 1. The summed E-state index contributed by atoms with van der Waals surface area (Å²) in [5.41, 5.74) is 2.22. The molecule has 0 saturated heterocycles. The van der Waals surface area contributed by atoms with E-state index in [0.29, 0.717) is 22.3 Å². The number of carbonyl (C=O) groups excluding carboxylic acids is 1. The number of carbonyl (C=O) groups is 1. The largest absolute Gasteiger partial charge is 0.346 e. The highest BCUT2D eigenvalue weighted by atomic mass is 32.2. The van der Waals surface area contributed by atoms with Crippen molar-refractivity contribution in [2.24, 2.45) is 0 Å². The molecule has 8 nitrogen and oxygen atoms in total. The molecular formula is C22H20N4O4S. The second-order valence-electron chi connectivity index (χ2n) is 7.08. The van der Waals surface area contributed by atoms with Crippen LogP contribution in [0.4, 0.5) is 5.69 Å². The van der Waals surface area contributed by atoms with Crippen molar-refractivity contribution in [3.05, 3.63) is 94.4 Å². The molecule has 4 rings (SSSR count). The molecule has 0 spiro atoms. The number of hydrogen-bond acceptors (Lipinski definition) is 4. The van der Waals surface area contributed by atoms with Gasteiger partial charge >= 0.3 is 5.69 Å². The van der Waals surface area contributed by atoms with Crippen molar-refractivity contribution >= 4 is 32.7 Å². The molecule has 0 aliphatic rings. The summed E-state index contributed by atoms with van der Waals surface area (Å²) in [7, 11) is -3.87. The van der Waals surface area contributed by atoms with E-state index < -0.39 is 15.7 Å². The summed E-state index contributed by atoms with van der Waals surface area (Å²) in [5, 5.41) is 2.92. The third-order valence-electron chi connectivity index (χ3n) is 4.84. The molecule has 0 aliphatic heterocycles. The topological polar surface area (TPSA) is 124 Å². The third kappa shape index (κ3) is 4.51. The fraction of sp³-hybridized carbons (Fsp3) is 0.0909. The van der Waals surface area contributed by atoms with Crippen LogP contribution in [-0.4, -0.2) is 24.3 Å². The Hall–Kier alpha value is -3.85. The minimum absolute atomic E-state index is 0.00811. The molecule has 1 heterocycles. The SMILES string of the molecule is C[C@@H](NC(=O)c1ccc(NS(=O)(=O)c2ccc3[nH]c(=O)[nH]c3c2)cc1)c1ccccc1. The number of amides is 1. The second-order valence-corrected chi connectivity index (χ2v) is 8.76. The van der Waals surface area contributed by atoms with Gasteiger partial charge in [0.15, 0.2) is 0 Å². The number of imidazole rings is 1. The lowest BCUT2D eigenvalue weighted by atomic mass is 10.1.